The van der Waals surface area contributed by atoms with E-state index in [1.807, 2.05) is 54.4 Å². The number of hydrogen-bond acceptors (Lipinski definition) is 5. The van der Waals surface area contributed by atoms with Gasteiger partial charge < -0.3 is 9.64 Å². The fourth-order valence-corrected chi connectivity index (χ4v) is 5.14. The number of thioether (sulfide) groups is 1. The molecule has 0 saturated carbocycles. The lowest BCUT2D eigenvalue weighted by atomic mass is 9.94. The van der Waals surface area contributed by atoms with Crippen LogP contribution in [0.15, 0.2) is 47.6 Å². The van der Waals surface area contributed by atoms with E-state index in [9.17, 15) is 0 Å². The van der Waals surface area contributed by atoms with Gasteiger partial charge in [-0.1, -0.05) is 36.4 Å². The maximum Gasteiger partial charge on any atom is 0.160 e. The Hall–Kier alpha value is -1.72. The zero-order valence-corrected chi connectivity index (χ0v) is 15.8. The highest BCUT2D eigenvalue weighted by Gasteiger charge is 2.46. The zero-order valence-electron chi connectivity index (χ0n) is 14.2. The molecule has 2 aliphatic heterocycles. The number of hydrogen-bond donors (Lipinski definition) is 0. The first kappa shape index (κ1) is 16.7. The summed E-state index contributed by atoms with van der Waals surface area (Å²) in [5.41, 5.74) is 2.05. The topological polar surface area (TPSA) is 37.7 Å². The molecule has 0 N–H and O–H groups in total. The lowest BCUT2D eigenvalue weighted by Crippen LogP contribution is -2.35. The number of halogens is 1. The largest absolute Gasteiger partial charge is 0.496 e. The molecule has 3 unspecified atom stereocenters. The lowest BCUT2D eigenvalue weighted by molar-refractivity contribution is 0.249. The third-order valence-electron chi connectivity index (χ3n) is 4.84. The lowest BCUT2D eigenvalue weighted by Gasteiger charge is -2.32. The van der Waals surface area contributed by atoms with E-state index in [1.54, 1.807) is 7.11 Å². The molecule has 0 radical (unpaired) electrons. The Morgan fingerprint density at radius 2 is 2.20 bits per heavy atom. The van der Waals surface area contributed by atoms with Crippen molar-refractivity contribution in [3.63, 3.8) is 0 Å². The van der Waals surface area contributed by atoms with Gasteiger partial charge in [0.05, 0.1) is 18.8 Å². The van der Waals surface area contributed by atoms with Crippen molar-refractivity contribution >= 4 is 28.5 Å². The molecular formula is C19H20ClN3OS. The minimum absolute atomic E-state index is 0.0505. The average Bonchev–Trinajstić information content (AvgIpc) is 3.21. The predicted molar refractivity (Wildman–Crippen MR) is 104 cm³/mol. The van der Waals surface area contributed by atoms with Crippen molar-refractivity contribution in [2.24, 2.45) is 4.99 Å². The number of fused-ring (bicyclic) bond motifs is 1. The summed E-state index contributed by atoms with van der Waals surface area (Å²) in [5, 5.41) is 1.82. The van der Waals surface area contributed by atoms with Gasteiger partial charge in [-0.25, -0.2) is 0 Å². The highest BCUT2D eigenvalue weighted by molar-refractivity contribution is 8.14. The standard InChI is InChI=1S/C19H20ClN3OS/c1-3-13-11-25-19-22-17(15-6-4-5-9-21-15)18(23(13)19)14-10-12(20)7-8-16(14)24-2/h4-10,13,17-18H,3,11H2,1-2H3. The molecule has 1 aromatic carbocycles. The normalized spacial score (nSPS) is 25.0. The van der Waals surface area contributed by atoms with Crippen LogP contribution in [0.1, 0.15) is 36.7 Å². The Morgan fingerprint density at radius 3 is 2.92 bits per heavy atom. The first-order valence-electron chi connectivity index (χ1n) is 8.46. The molecule has 6 heteroatoms. The van der Waals surface area contributed by atoms with Crippen LogP contribution in [-0.4, -0.2) is 34.0 Å². The first-order chi connectivity index (χ1) is 12.2. The third-order valence-corrected chi connectivity index (χ3v) is 6.20. The first-order valence-corrected chi connectivity index (χ1v) is 9.82. The number of aromatic nitrogens is 1. The van der Waals surface area contributed by atoms with Gasteiger partial charge in [0.25, 0.3) is 0 Å². The summed E-state index contributed by atoms with van der Waals surface area (Å²) < 4.78 is 5.65. The van der Waals surface area contributed by atoms with Crippen molar-refractivity contribution in [1.82, 2.24) is 9.88 Å². The second kappa shape index (κ2) is 6.89. The van der Waals surface area contributed by atoms with Crippen LogP contribution in [0.5, 0.6) is 5.75 Å². The quantitative estimate of drug-likeness (QED) is 0.776. The second-order valence-corrected chi connectivity index (χ2v) is 7.65. The highest BCUT2D eigenvalue weighted by Crippen LogP contribution is 2.50. The van der Waals surface area contributed by atoms with Crippen molar-refractivity contribution in [2.45, 2.75) is 31.5 Å². The number of amidine groups is 1. The fraction of sp³-hybridized carbons (Fsp3) is 0.368. The van der Waals surface area contributed by atoms with Crippen LogP contribution >= 0.6 is 23.4 Å². The monoisotopic (exact) mass is 373 g/mol. The van der Waals surface area contributed by atoms with E-state index >= 15 is 0 Å². The molecule has 4 rings (SSSR count). The van der Waals surface area contributed by atoms with E-state index in [0.717, 1.165) is 34.3 Å². The molecule has 25 heavy (non-hydrogen) atoms. The number of rotatable bonds is 4. The summed E-state index contributed by atoms with van der Waals surface area (Å²) in [6.45, 7) is 2.23. The Morgan fingerprint density at radius 1 is 1.32 bits per heavy atom. The number of benzene rings is 1. The molecule has 1 saturated heterocycles. The summed E-state index contributed by atoms with van der Waals surface area (Å²) in [5.74, 6) is 1.92. The van der Waals surface area contributed by atoms with Gasteiger partial charge in [-0.3, -0.25) is 9.98 Å². The minimum atomic E-state index is -0.0505. The third kappa shape index (κ3) is 2.89. The van der Waals surface area contributed by atoms with E-state index in [1.165, 1.54) is 0 Å². The van der Waals surface area contributed by atoms with Crippen molar-refractivity contribution in [2.75, 3.05) is 12.9 Å². The van der Waals surface area contributed by atoms with Gasteiger partial charge in [-0.05, 0) is 36.8 Å². The van der Waals surface area contributed by atoms with E-state index < -0.39 is 0 Å². The second-order valence-electron chi connectivity index (χ2n) is 6.22. The van der Waals surface area contributed by atoms with E-state index in [-0.39, 0.29) is 12.1 Å². The molecular weight excluding hydrogens is 354 g/mol. The number of ether oxygens (including phenoxy) is 1. The van der Waals surface area contributed by atoms with Gasteiger partial charge in [0, 0.05) is 28.6 Å². The molecule has 4 nitrogen and oxygen atoms in total. The summed E-state index contributed by atoms with van der Waals surface area (Å²) in [6.07, 6.45) is 2.91. The smallest absolute Gasteiger partial charge is 0.160 e. The summed E-state index contributed by atoms with van der Waals surface area (Å²) in [6, 6.07) is 12.3. The number of pyridine rings is 1. The molecule has 1 aromatic heterocycles. The maximum absolute atomic E-state index is 6.33. The van der Waals surface area contributed by atoms with E-state index in [0.29, 0.717) is 11.1 Å². The molecule has 0 bridgehead atoms. The fourth-order valence-electron chi connectivity index (χ4n) is 3.62. The number of aliphatic imine (C=N–C) groups is 1. The molecule has 3 atom stereocenters. The van der Waals surface area contributed by atoms with Crippen molar-refractivity contribution in [3.8, 4) is 5.75 Å². The number of nitrogens with zero attached hydrogens (tertiary/aromatic N) is 3. The SMILES string of the molecule is CCC1CSC2=NC(c3ccccn3)C(c3cc(Cl)ccc3OC)N21. The maximum atomic E-state index is 6.33. The Bertz CT molecular complexity index is 799. The average molecular weight is 374 g/mol. The molecule has 0 spiro atoms. The van der Waals surface area contributed by atoms with E-state index in [2.05, 4.69) is 16.8 Å². The van der Waals surface area contributed by atoms with Crippen molar-refractivity contribution in [1.29, 1.82) is 0 Å². The van der Waals surface area contributed by atoms with Gasteiger partial charge in [0.15, 0.2) is 5.17 Å². The van der Waals surface area contributed by atoms with Gasteiger partial charge in [0.2, 0.25) is 0 Å². The van der Waals surface area contributed by atoms with Crippen LogP contribution < -0.4 is 4.74 Å². The summed E-state index contributed by atoms with van der Waals surface area (Å²) in [7, 11) is 1.70. The Labute approximate surface area is 157 Å². The zero-order chi connectivity index (χ0) is 17.4. The van der Waals surface area contributed by atoms with Gasteiger partial charge in [-0.2, -0.15) is 0 Å². The number of methoxy groups -OCH3 is 1. The predicted octanol–water partition coefficient (Wildman–Crippen LogP) is 4.72. The van der Waals surface area contributed by atoms with Crippen LogP contribution in [-0.2, 0) is 0 Å². The summed E-state index contributed by atoms with van der Waals surface area (Å²) in [4.78, 5) is 12.0. The van der Waals surface area contributed by atoms with Gasteiger partial charge in [-0.15, -0.1) is 0 Å². The molecule has 3 heterocycles. The molecule has 0 amide bonds. The van der Waals surface area contributed by atoms with Crippen LogP contribution in [0.4, 0.5) is 0 Å². The molecule has 1 fully saturated rings. The molecule has 2 aliphatic rings. The van der Waals surface area contributed by atoms with Crippen LogP contribution in [0.2, 0.25) is 5.02 Å². The van der Waals surface area contributed by atoms with Crippen LogP contribution in [0.25, 0.3) is 0 Å². The van der Waals surface area contributed by atoms with E-state index in [4.69, 9.17) is 21.3 Å². The highest BCUT2D eigenvalue weighted by atomic mass is 35.5. The van der Waals surface area contributed by atoms with Crippen LogP contribution in [0.3, 0.4) is 0 Å². The molecule has 0 aliphatic carbocycles. The molecule has 2 aromatic rings. The van der Waals surface area contributed by atoms with Gasteiger partial charge in [0.1, 0.15) is 11.8 Å². The summed E-state index contributed by atoms with van der Waals surface area (Å²) >= 11 is 8.16. The molecule has 130 valence electrons. The van der Waals surface area contributed by atoms with Crippen LogP contribution in [0, 0.1) is 0 Å². The van der Waals surface area contributed by atoms with Crippen molar-refractivity contribution < 1.29 is 4.74 Å². The minimum Gasteiger partial charge on any atom is -0.496 e. The van der Waals surface area contributed by atoms with Crippen molar-refractivity contribution in [3.05, 3.63) is 58.9 Å². The van der Waals surface area contributed by atoms with Gasteiger partial charge >= 0.3 is 0 Å². The Balaban J connectivity index is 1.85. The Kier molecular flexibility index (Phi) is 4.61.